The molecule has 1 aromatic carbocycles. The quantitative estimate of drug-likeness (QED) is 0.800. The molecule has 0 saturated carbocycles. The van der Waals surface area contributed by atoms with Gasteiger partial charge in [-0.15, -0.1) is 11.3 Å². The molecule has 3 aromatic rings. The Bertz CT molecular complexity index is 767. The lowest BCUT2D eigenvalue weighted by atomic mass is 10.0. The van der Waals surface area contributed by atoms with Gasteiger partial charge in [0.1, 0.15) is 0 Å². The molecule has 0 aliphatic carbocycles. The third-order valence-corrected chi connectivity index (χ3v) is 4.61. The zero-order valence-corrected chi connectivity index (χ0v) is 12.9. The Morgan fingerprint density at radius 3 is 2.75 bits per heavy atom. The van der Waals surface area contributed by atoms with E-state index in [-0.39, 0.29) is 0 Å². The largest absolute Gasteiger partial charge is 0.330 e. The van der Waals surface area contributed by atoms with Crippen LogP contribution in [0.3, 0.4) is 0 Å². The first-order valence-electron chi connectivity index (χ1n) is 6.85. The summed E-state index contributed by atoms with van der Waals surface area (Å²) in [5.41, 5.74) is 12.1. The first-order valence-corrected chi connectivity index (χ1v) is 7.67. The van der Waals surface area contributed by atoms with Crippen LogP contribution < -0.4 is 5.73 Å². The zero-order chi connectivity index (χ0) is 14.3. The molecular formula is C16H19N3S. The van der Waals surface area contributed by atoms with E-state index in [1.165, 1.54) is 33.0 Å². The van der Waals surface area contributed by atoms with Crippen LogP contribution in [0, 0.1) is 20.8 Å². The Kier molecular flexibility index (Phi) is 3.36. The Labute approximate surface area is 123 Å². The van der Waals surface area contributed by atoms with E-state index in [0.29, 0.717) is 6.54 Å². The van der Waals surface area contributed by atoms with Gasteiger partial charge in [-0.1, -0.05) is 23.8 Å². The van der Waals surface area contributed by atoms with Crippen LogP contribution in [0.25, 0.3) is 16.2 Å². The van der Waals surface area contributed by atoms with Crippen molar-refractivity contribution in [2.75, 3.05) is 6.54 Å². The van der Waals surface area contributed by atoms with Crippen molar-refractivity contribution < 1.29 is 0 Å². The van der Waals surface area contributed by atoms with E-state index in [2.05, 4.69) is 48.4 Å². The number of aromatic nitrogens is 2. The Hall–Kier alpha value is -1.65. The third-order valence-electron chi connectivity index (χ3n) is 3.64. The van der Waals surface area contributed by atoms with Gasteiger partial charge < -0.3 is 5.73 Å². The van der Waals surface area contributed by atoms with Crippen LogP contribution in [0.2, 0.25) is 0 Å². The molecule has 0 radical (unpaired) electrons. The second kappa shape index (κ2) is 5.04. The lowest BCUT2D eigenvalue weighted by Crippen LogP contribution is -2.05. The number of nitrogens with zero attached hydrogens (tertiary/aromatic N) is 2. The number of fused-ring (bicyclic) bond motifs is 1. The molecule has 0 unspecified atom stereocenters. The first kappa shape index (κ1) is 13.3. The maximum atomic E-state index is 5.72. The lowest BCUT2D eigenvalue weighted by molar-refractivity contribution is 0.910. The summed E-state index contributed by atoms with van der Waals surface area (Å²) in [6.45, 7) is 7.12. The number of nitrogens with two attached hydrogens (primary N) is 1. The van der Waals surface area contributed by atoms with E-state index in [9.17, 15) is 0 Å². The molecule has 0 amide bonds. The predicted octanol–water partition coefficient (Wildman–Crippen LogP) is 3.49. The topological polar surface area (TPSA) is 43.3 Å². The number of hydrogen-bond acceptors (Lipinski definition) is 3. The number of hydrogen-bond donors (Lipinski definition) is 1. The number of aryl methyl sites for hydroxylation is 3. The van der Waals surface area contributed by atoms with Gasteiger partial charge in [0.05, 0.1) is 11.9 Å². The molecule has 2 aromatic heterocycles. The highest BCUT2D eigenvalue weighted by Gasteiger charge is 2.16. The first-order chi connectivity index (χ1) is 9.61. The van der Waals surface area contributed by atoms with Crippen LogP contribution in [-0.4, -0.2) is 15.9 Å². The summed E-state index contributed by atoms with van der Waals surface area (Å²) < 4.78 is 2.27. The van der Waals surface area contributed by atoms with Gasteiger partial charge in [-0.05, 0) is 32.9 Å². The van der Waals surface area contributed by atoms with Crippen molar-refractivity contribution in [3.8, 4) is 11.3 Å². The molecule has 20 heavy (non-hydrogen) atoms. The normalized spacial score (nSPS) is 11.4. The van der Waals surface area contributed by atoms with E-state index in [4.69, 9.17) is 5.73 Å². The highest BCUT2D eigenvalue weighted by molar-refractivity contribution is 7.17. The maximum Gasteiger partial charge on any atom is 0.194 e. The van der Waals surface area contributed by atoms with E-state index >= 15 is 0 Å². The van der Waals surface area contributed by atoms with Gasteiger partial charge in [0.2, 0.25) is 0 Å². The average molecular weight is 285 g/mol. The maximum absolute atomic E-state index is 5.72. The monoisotopic (exact) mass is 285 g/mol. The molecule has 0 saturated heterocycles. The Balaban J connectivity index is 2.28. The van der Waals surface area contributed by atoms with Crippen molar-refractivity contribution in [3.05, 3.63) is 46.1 Å². The lowest BCUT2D eigenvalue weighted by Gasteiger charge is -2.09. The van der Waals surface area contributed by atoms with Gasteiger partial charge in [0.25, 0.3) is 0 Å². The standard InChI is InChI=1S/C16H19N3S/c1-10-4-5-14(11(2)8-10)15-12(3)20-16-18-9-13(6-7-17)19(15)16/h4-5,8-9H,6-7,17H2,1-3H3. The second-order valence-corrected chi connectivity index (χ2v) is 6.41. The highest BCUT2D eigenvalue weighted by Crippen LogP contribution is 2.34. The van der Waals surface area contributed by atoms with Crippen molar-refractivity contribution >= 4 is 16.3 Å². The predicted molar refractivity (Wildman–Crippen MR) is 85.5 cm³/mol. The zero-order valence-electron chi connectivity index (χ0n) is 12.1. The Morgan fingerprint density at radius 2 is 2.05 bits per heavy atom. The number of imidazole rings is 1. The fourth-order valence-electron chi connectivity index (χ4n) is 2.74. The van der Waals surface area contributed by atoms with Crippen molar-refractivity contribution in [2.24, 2.45) is 5.73 Å². The molecule has 0 aliphatic rings. The summed E-state index contributed by atoms with van der Waals surface area (Å²) in [4.78, 5) is 6.88. The van der Waals surface area contributed by atoms with Crippen molar-refractivity contribution in [1.29, 1.82) is 0 Å². The molecule has 104 valence electrons. The SMILES string of the molecule is Cc1ccc(-c2c(C)sc3ncc(CCN)n23)c(C)c1. The smallest absolute Gasteiger partial charge is 0.194 e. The van der Waals surface area contributed by atoms with Crippen molar-refractivity contribution in [3.63, 3.8) is 0 Å². The van der Waals surface area contributed by atoms with E-state index in [1.807, 2.05) is 6.20 Å². The minimum Gasteiger partial charge on any atom is -0.330 e. The highest BCUT2D eigenvalue weighted by atomic mass is 32.1. The minimum atomic E-state index is 0.648. The Morgan fingerprint density at radius 1 is 1.25 bits per heavy atom. The van der Waals surface area contributed by atoms with Crippen LogP contribution in [0.15, 0.2) is 24.4 Å². The summed E-state index contributed by atoms with van der Waals surface area (Å²) in [7, 11) is 0. The third kappa shape index (κ3) is 2.05. The summed E-state index contributed by atoms with van der Waals surface area (Å²) in [6, 6.07) is 6.62. The molecule has 4 heteroatoms. The summed E-state index contributed by atoms with van der Waals surface area (Å²) in [5, 5.41) is 0. The van der Waals surface area contributed by atoms with Crippen molar-refractivity contribution in [1.82, 2.24) is 9.38 Å². The molecule has 0 spiro atoms. The molecule has 2 N–H and O–H groups in total. The van der Waals surface area contributed by atoms with Gasteiger partial charge in [0.15, 0.2) is 4.96 Å². The van der Waals surface area contributed by atoms with Gasteiger partial charge in [-0.2, -0.15) is 0 Å². The van der Waals surface area contributed by atoms with Crippen LogP contribution in [0.5, 0.6) is 0 Å². The molecule has 3 nitrogen and oxygen atoms in total. The van der Waals surface area contributed by atoms with E-state index in [1.54, 1.807) is 11.3 Å². The van der Waals surface area contributed by atoms with Crippen molar-refractivity contribution in [2.45, 2.75) is 27.2 Å². The van der Waals surface area contributed by atoms with E-state index in [0.717, 1.165) is 11.4 Å². The fraction of sp³-hybridized carbons (Fsp3) is 0.312. The average Bonchev–Trinajstić information content (AvgIpc) is 2.90. The van der Waals surface area contributed by atoms with Gasteiger partial charge >= 0.3 is 0 Å². The van der Waals surface area contributed by atoms with E-state index < -0.39 is 0 Å². The molecule has 0 aliphatic heterocycles. The molecule has 0 fully saturated rings. The van der Waals surface area contributed by atoms with Crippen LogP contribution in [0.4, 0.5) is 0 Å². The van der Waals surface area contributed by atoms with Gasteiger partial charge in [0, 0.05) is 22.6 Å². The minimum absolute atomic E-state index is 0.648. The summed E-state index contributed by atoms with van der Waals surface area (Å²) in [6.07, 6.45) is 2.81. The fourth-order valence-corrected chi connectivity index (χ4v) is 3.71. The molecule has 3 rings (SSSR count). The molecular weight excluding hydrogens is 266 g/mol. The van der Waals surface area contributed by atoms with Gasteiger partial charge in [-0.25, -0.2) is 4.98 Å². The number of benzene rings is 1. The van der Waals surface area contributed by atoms with Crippen LogP contribution >= 0.6 is 11.3 Å². The van der Waals surface area contributed by atoms with Crippen LogP contribution in [-0.2, 0) is 6.42 Å². The molecule has 0 atom stereocenters. The second-order valence-electron chi connectivity index (χ2n) is 5.23. The number of rotatable bonds is 3. The number of thiazole rings is 1. The molecule has 2 heterocycles. The summed E-state index contributed by atoms with van der Waals surface area (Å²) in [5.74, 6) is 0. The molecule has 0 bridgehead atoms. The van der Waals surface area contributed by atoms with Crippen LogP contribution in [0.1, 0.15) is 21.7 Å². The van der Waals surface area contributed by atoms with Gasteiger partial charge in [-0.3, -0.25) is 4.40 Å². The summed E-state index contributed by atoms with van der Waals surface area (Å²) >= 11 is 1.74.